The van der Waals surface area contributed by atoms with Crippen LogP contribution in [0.25, 0.3) is 0 Å². The van der Waals surface area contributed by atoms with Gasteiger partial charge in [-0.15, -0.1) is 0 Å². The summed E-state index contributed by atoms with van der Waals surface area (Å²) >= 11 is 0. The maximum Gasteiger partial charge on any atom is 0.115 e. The monoisotopic (exact) mass is 407 g/mol. The van der Waals surface area contributed by atoms with Crippen molar-refractivity contribution >= 4 is 5.69 Å². The quantitative estimate of drug-likeness (QED) is 0.721. The molecule has 2 fully saturated rings. The number of hydrogen-bond acceptors (Lipinski definition) is 4. The van der Waals surface area contributed by atoms with Crippen LogP contribution in [0.4, 0.5) is 5.69 Å². The number of aryl methyl sites for hydroxylation is 1. The normalized spacial score (nSPS) is 23.0. The highest BCUT2D eigenvalue weighted by molar-refractivity contribution is 5.53. The summed E-state index contributed by atoms with van der Waals surface area (Å²) in [6.07, 6.45) is 12.4. The van der Waals surface area contributed by atoms with Crippen LogP contribution in [0.5, 0.6) is 0 Å². The van der Waals surface area contributed by atoms with Gasteiger partial charge in [0.2, 0.25) is 0 Å². The SMILES string of the molecule is COC1=CCC=C(C(C)N2CCC(N3CCN(c4ccccc4C)CC3)CC2)C=C1. The topological polar surface area (TPSA) is 19.0 Å². The third kappa shape index (κ3) is 4.81. The molecule has 30 heavy (non-hydrogen) atoms. The molecule has 2 heterocycles. The highest BCUT2D eigenvalue weighted by atomic mass is 16.5. The molecule has 2 aliphatic heterocycles. The Labute approximate surface area is 182 Å². The molecule has 0 aromatic heterocycles. The van der Waals surface area contributed by atoms with Gasteiger partial charge in [0.25, 0.3) is 0 Å². The molecule has 2 saturated heterocycles. The smallest absolute Gasteiger partial charge is 0.115 e. The number of anilines is 1. The Morgan fingerprint density at radius 2 is 1.67 bits per heavy atom. The minimum atomic E-state index is 0.477. The predicted molar refractivity (Wildman–Crippen MR) is 126 cm³/mol. The molecule has 1 aromatic rings. The van der Waals surface area contributed by atoms with Crippen molar-refractivity contribution in [3.63, 3.8) is 0 Å². The zero-order chi connectivity index (χ0) is 20.9. The van der Waals surface area contributed by atoms with E-state index >= 15 is 0 Å². The maximum atomic E-state index is 5.39. The fourth-order valence-corrected chi connectivity index (χ4v) is 5.18. The van der Waals surface area contributed by atoms with Gasteiger partial charge in [0.05, 0.1) is 7.11 Å². The molecule has 4 rings (SSSR count). The number of nitrogens with zero attached hydrogens (tertiary/aromatic N) is 3. The van der Waals surface area contributed by atoms with Crippen molar-refractivity contribution in [3.05, 3.63) is 65.5 Å². The summed E-state index contributed by atoms with van der Waals surface area (Å²) in [5, 5.41) is 0. The van der Waals surface area contributed by atoms with Gasteiger partial charge in [-0.1, -0.05) is 30.4 Å². The van der Waals surface area contributed by atoms with Gasteiger partial charge in [0.1, 0.15) is 5.76 Å². The van der Waals surface area contributed by atoms with Crippen LogP contribution >= 0.6 is 0 Å². The summed E-state index contributed by atoms with van der Waals surface area (Å²) < 4.78 is 5.39. The number of para-hydroxylation sites is 1. The molecule has 0 N–H and O–H groups in total. The van der Waals surface area contributed by atoms with E-state index in [0.717, 1.165) is 31.3 Å². The average molecular weight is 408 g/mol. The Morgan fingerprint density at radius 3 is 2.37 bits per heavy atom. The van der Waals surface area contributed by atoms with E-state index in [1.165, 1.54) is 55.8 Å². The molecule has 4 heteroatoms. The fraction of sp³-hybridized carbons (Fsp3) is 0.538. The predicted octanol–water partition coefficient (Wildman–Crippen LogP) is 4.39. The number of piperidine rings is 1. The molecule has 0 spiro atoms. The molecule has 0 saturated carbocycles. The van der Waals surface area contributed by atoms with Crippen LogP contribution < -0.4 is 4.90 Å². The summed E-state index contributed by atoms with van der Waals surface area (Å²) in [4.78, 5) is 7.97. The number of methoxy groups -OCH3 is 1. The second kappa shape index (κ2) is 9.84. The van der Waals surface area contributed by atoms with Crippen LogP contribution in [-0.2, 0) is 4.74 Å². The van der Waals surface area contributed by atoms with Crippen LogP contribution in [0, 0.1) is 6.92 Å². The molecule has 0 bridgehead atoms. The lowest BCUT2D eigenvalue weighted by atomic mass is 9.98. The van der Waals surface area contributed by atoms with Crippen molar-refractivity contribution in [3.8, 4) is 0 Å². The lowest BCUT2D eigenvalue weighted by molar-refractivity contribution is 0.0922. The van der Waals surface area contributed by atoms with Crippen LogP contribution in [-0.4, -0.2) is 68.3 Å². The van der Waals surface area contributed by atoms with Gasteiger partial charge in [-0.25, -0.2) is 0 Å². The number of hydrogen-bond donors (Lipinski definition) is 0. The zero-order valence-electron chi connectivity index (χ0n) is 18.9. The minimum Gasteiger partial charge on any atom is -0.497 e. The van der Waals surface area contributed by atoms with Crippen molar-refractivity contribution < 1.29 is 4.74 Å². The third-order valence-corrected chi connectivity index (χ3v) is 7.16. The average Bonchev–Trinajstić information content (AvgIpc) is 3.05. The highest BCUT2D eigenvalue weighted by Crippen LogP contribution is 2.26. The Bertz CT molecular complexity index is 796. The summed E-state index contributed by atoms with van der Waals surface area (Å²) in [5.41, 5.74) is 4.23. The van der Waals surface area contributed by atoms with Gasteiger partial charge >= 0.3 is 0 Å². The van der Waals surface area contributed by atoms with Gasteiger partial charge in [0, 0.05) is 57.0 Å². The molecular formula is C26H37N3O. The number of likely N-dealkylation sites (tertiary alicyclic amines) is 1. The molecule has 4 nitrogen and oxygen atoms in total. The summed E-state index contributed by atoms with van der Waals surface area (Å²) in [6, 6.07) is 10.0. The van der Waals surface area contributed by atoms with E-state index in [4.69, 9.17) is 4.74 Å². The second-order valence-electron chi connectivity index (χ2n) is 8.84. The lowest BCUT2D eigenvalue weighted by Crippen LogP contribution is -2.54. The van der Waals surface area contributed by atoms with Crippen molar-refractivity contribution in [2.24, 2.45) is 0 Å². The van der Waals surface area contributed by atoms with E-state index in [-0.39, 0.29) is 0 Å². The first-order valence-electron chi connectivity index (χ1n) is 11.6. The first-order valence-corrected chi connectivity index (χ1v) is 11.6. The van der Waals surface area contributed by atoms with Gasteiger partial charge in [-0.2, -0.15) is 0 Å². The van der Waals surface area contributed by atoms with E-state index in [0.29, 0.717) is 6.04 Å². The number of piperazine rings is 1. The summed E-state index contributed by atoms with van der Waals surface area (Å²) in [7, 11) is 1.75. The molecule has 1 aliphatic carbocycles. The zero-order valence-corrected chi connectivity index (χ0v) is 18.9. The maximum absolute atomic E-state index is 5.39. The molecule has 0 amide bonds. The molecule has 162 valence electrons. The van der Waals surface area contributed by atoms with Gasteiger partial charge < -0.3 is 9.64 Å². The highest BCUT2D eigenvalue weighted by Gasteiger charge is 2.29. The molecule has 1 atom stereocenters. The molecular weight excluding hydrogens is 370 g/mol. The Hall–Kier alpha value is -2.04. The molecule has 3 aliphatic rings. The Balaban J connectivity index is 1.26. The molecule has 1 unspecified atom stereocenters. The summed E-state index contributed by atoms with van der Waals surface area (Å²) in [5.74, 6) is 0.969. The lowest BCUT2D eigenvalue weighted by Gasteiger charge is -2.44. The molecule has 1 aromatic carbocycles. The number of ether oxygens (including phenoxy) is 1. The largest absolute Gasteiger partial charge is 0.497 e. The number of rotatable bonds is 5. The Kier molecular flexibility index (Phi) is 6.96. The van der Waals surface area contributed by atoms with Gasteiger partial charge in [-0.05, 0) is 62.5 Å². The minimum absolute atomic E-state index is 0.477. The van der Waals surface area contributed by atoms with Crippen LogP contribution in [0.3, 0.4) is 0 Å². The summed E-state index contributed by atoms with van der Waals surface area (Å²) in [6.45, 7) is 11.6. The van der Waals surface area contributed by atoms with E-state index in [1.807, 2.05) is 0 Å². The van der Waals surface area contributed by atoms with Crippen LogP contribution in [0.2, 0.25) is 0 Å². The van der Waals surface area contributed by atoms with Crippen LogP contribution in [0.15, 0.2) is 59.9 Å². The first kappa shape index (κ1) is 21.2. The number of allylic oxidation sites excluding steroid dienone is 3. The van der Waals surface area contributed by atoms with Gasteiger partial charge in [0.15, 0.2) is 0 Å². The van der Waals surface area contributed by atoms with E-state index in [2.05, 4.69) is 77.1 Å². The fourth-order valence-electron chi connectivity index (χ4n) is 5.18. The first-order chi connectivity index (χ1) is 14.7. The van der Waals surface area contributed by atoms with E-state index in [9.17, 15) is 0 Å². The Morgan fingerprint density at radius 1 is 0.933 bits per heavy atom. The van der Waals surface area contributed by atoms with Crippen molar-refractivity contribution in [2.45, 2.75) is 45.2 Å². The van der Waals surface area contributed by atoms with Crippen molar-refractivity contribution in [1.29, 1.82) is 0 Å². The van der Waals surface area contributed by atoms with Crippen molar-refractivity contribution in [2.75, 3.05) is 51.3 Å². The molecule has 0 radical (unpaired) electrons. The van der Waals surface area contributed by atoms with Crippen LogP contribution in [0.1, 0.15) is 31.7 Å². The van der Waals surface area contributed by atoms with Crippen molar-refractivity contribution in [1.82, 2.24) is 9.80 Å². The standard InChI is InChI=1S/C26H37N3O/c1-21-7-4-5-10-26(21)29-19-17-28(18-20-29)24-13-15-27(16-14-24)22(2)23-8-6-9-25(30-3)12-11-23/h4-5,7-12,22,24H,6,13-20H2,1-3H3. The van der Waals surface area contributed by atoms with E-state index < -0.39 is 0 Å². The second-order valence-corrected chi connectivity index (χ2v) is 8.84. The van der Waals surface area contributed by atoms with E-state index in [1.54, 1.807) is 7.11 Å². The number of benzene rings is 1. The van der Waals surface area contributed by atoms with Gasteiger partial charge in [-0.3, -0.25) is 9.80 Å². The third-order valence-electron chi connectivity index (χ3n) is 7.16.